The number of halogens is 2. The zero-order valence-corrected chi connectivity index (χ0v) is 8.65. The molecule has 3 nitrogen and oxygen atoms in total. The van der Waals surface area contributed by atoms with Crippen molar-refractivity contribution in [3.63, 3.8) is 0 Å². The van der Waals surface area contributed by atoms with E-state index in [2.05, 4.69) is 16.2 Å². The van der Waals surface area contributed by atoms with E-state index in [1.807, 2.05) is 0 Å². The largest absolute Gasteiger partial charge is 0.359 e. The molecular weight excluding hydrogens is 221 g/mol. The van der Waals surface area contributed by atoms with Gasteiger partial charge >= 0.3 is 0 Å². The van der Waals surface area contributed by atoms with Gasteiger partial charge in [-0.25, -0.2) is 4.98 Å². The van der Waals surface area contributed by atoms with Gasteiger partial charge in [0.1, 0.15) is 16.1 Å². The molecule has 0 saturated carbocycles. The van der Waals surface area contributed by atoms with Crippen LogP contribution in [0.5, 0.6) is 0 Å². The molecule has 0 aliphatic carbocycles. The summed E-state index contributed by atoms with van der Waals surface area (Å²) >= 11 is 11.3. The van der Waals surface area contributed by atoms with E-state index in [1.165, 1.54) is 0 Å². The third kappa shape index (κ3) is 2.91. The predicted molar refractivity (Wildman–Crippen MR) is 57.9 cm³/mol. The molecule has 0 amide bonds. The van der Waals surface area contributed by atoms with E-state index < -0.39 is 0 Å². The molecule has 14 heavy (non-hydrogen) atoms. The van der Waals surface area contributed by atoms with Crippen molar-refractivity contribution in [3.8, 4) is 12.3 Å². The second-order valence-corrected chi connectivity index (χ2v) is 3.21. The summed E-state index contributed by atoms with van der Waals surface area (Å²) in [5.74, 6) is 2.54. The molecule has 2 N–H and O–H groups in total. The summed E-state index contributed by atoms with van der Waals surface area (Å²) in [6, 6.07) is 3.08. The first kappa shape index (κ1) is 10.8. The Morgan fingerprint density at radius 1 is 1.50 bits per heavy atom. The molecule has 0 radical (unpaired) electrons. The zero-order chi connectivity index (χ0) is 10.6. The quantitative estimate of drug-likeness (QED) is 0.351. The topological polar surface area (TPSA) is 48.8 Å². The van der Waals surface area contributed by atoms with Crippen molar-refractivity contribution in [2.24, 2.45) is 0 Å². The van der Waals surface area contributed by atoms with Crippen LogP contribution in [0.1, 0.15) is 5.56 Å². The van der Waals surface area contributed by atoms with Crippen LogP contribution in [0, 0.1) is 17.8 Å². The van der Waals surface area contributed by atoms with Crippen LogP contribution in [0.25, 0.3) is 0 Å². The molecule has 72 valence electrons. The van der Waals surface area contributed by atoms with E-state index in [1.54, 1.807) is 12.1 Å². The molecule has 0 atom stereocenters. The Labute approximate surface area is 92.0 Å². The van der Waals surface area contributed by atoms with Gasteiger partial charge in [0.15, 0.2) is 0 Å². The van der Waals surface area contributed by atoms with E-state index in [4.69, 9.17) is 35.0 Å². The van der Waals surface area contributed by atoms with Crippen LogP contribution in [0.2, 0.25) is 10.3 Å². The maximum atomic E-state index is 7.57. The Kier molecular flexibility index (Phi) is 3.75. The highest BCUT2D eigenvalue weighted by Crippen LogP contribution is 2.14. The summed E-state index contributed by atoms with van der Waals surface area (Å²) in [7, 11) is 0. The molecule has 0 bridgehead atoms. The molecule has 0 fully saturated rings. The Morgan fingerprint density at radius 3 is 2.57 bits per heavy atom. The summed E-state index contributed by atoms with van der Waals surface area (Å²) in [5, 5.41) is 10.8. The van der Waals surface area contributed by atoms with Gasteiger partial charge in [0, 0.05) is 5.56 Å². The Hall–Kier alpha value is -1.24. The minimum absolute atomic E-state index is 0.175. The van der Waals surface area contributed by atoms with Crippen LogP contribution < -0.4 is 5.32 Å². The minimum atomic E-state index is 0.175. The molecule has 0 spiro atoms. The normalized spacial score (nSPS) is 9.21. The smallest absolute Gasteiger partial charge is 0.131 e. The van der Waals surface area contributed by atoms with Gasteiger partial charge in [-0.2, -0.15) is 0 Å². The van der Waals surface area contributed by atoms with Gasteiger partial charge < -0.3 is 5.32 Å². The number of amidine groups is 1. The molecule has 1 aromatic heterocycles. The van der Waals surface area contributed by atoms with Gasteiger partial charge in [0.25, 0.3) is 0 Å². The van der Waals surface area contributed by atoms with Gasteiger partial charge in [0.05, 0.1) is 6.54 Å². The van der Waals surface area contributed by atoms with Crippen LogP contribution in [-0.4, -0.2) is 17.4 Å². The number of terminal acetylenes is 1. The summed E-state index contributed by atoms with van der Waals surface area (Å²) in [4.78, 5) is 3.76. The lowest BCUT2D eigenvalue weighted by molar-refractivity contribution is 1.05. The molecule has 5 heteroatoms. The van der Waals surface area contributed by atoms with Crippen molar-refractivity contribution in [2.75, 3.05) is 6.54 Å². The average Bonchev–Trinajstić information content (AvgIpc) is 2.12. The SMILES string of the molecule is C#CCNC(=N)c1cc(Cl)nc(Cl)c1. The highest BCUT2D eigenvalue weighted by atomic mass is 35.5. The van der Waals surface area contributed by atoms with Crippen LogP contribution in [-0.2, 0) is 0 Å². The van der Waals surface area contributed by atoms with Gasteiger partial charge in [-0.05, 0) is 12.1 Å². The molecule has 1 aromatic rings. The first-order valence-corrected chi connectivity index (χ1v) is 4.48. The Morgan fingerprint density at radius 2 is 2.07 bits per heavy atom. The lowest BCUT2D eigenvalue weighted by Crippen LogP contribution is -2.23. The summed E-state index contributed by atoms with van der Waals surface area (Å²) in [6.07, 6.45) is 5.04. The van der Waals surface area contributed by atoms with E-state index in [0.717, 1.165) is 0 Å². The molecule has 0 aliphatic heterocycles. The molecular formula is C9H7Cl2N3. The lowest BCUT2D eigenvalue weighted by Gasteiger charge is -2.05. The van der Waals surface area contributed by atoms with Gasteiger partial charge in [0.2, 0.25) is 0 Å². The second kappa shape index (κ2) is 4.85. The fourth-order valence-electron chi connectivity index (χ4n) is 0.851. The van der Waals surface area contributed by atoms with Crippen molar-refractivity contribution in [1.29, 1.82) is 5.41 Å². The van der Waals surface area contributed by atoms with E-state index in [0.29, 0.717) is 5.56 Å². The van der Waals surface area contributed by atoms with E-state index in [9.17, 15) is 0 Å². The number of hydrogen-bond acceptors (Lipinski definition) is 2. The fraction of sp³-hybridized carbons (Fsp3) is 0.111. The van der Waals surface area contributed by atoms with Crippen LogP contribution in [0.4, 0.5) is 0 Å². The lowest BCUT2D eigenvalue weighted by atomic mass is 10.2. The third-order valence-corrected chi connectivity index (χ3v) is 1.81. The van der Waals surface area contributed by atoms with Crippen molar-refractivity contribution in [3.05, 3.63) is 28.0 Å². The third-order valence-electron chi connectivity index (χ3n) is 1.42. The Balaban J connectivity index is 2.85. The molecule has 0 saturated heterocycles. The average molecular weight is 228 g/mol. The number of nitrogens with zero attached hydrogens (tertiary/aromatic N) is 1. The predicted octanol–water partition coefficient (Wildman–Crippen LogP) is 1.94. The number of rotatable bonds is 2. The molecule has 0 aromatic carbocycles. The van der Waals surface area contributed by atoms with Crippen LogP contribution in [0.15, 0.2) is 12.1 Å². The standard InChI is InChI=1S/C9H7Cl2N3/c1-2-3-13-9(12)6-4-7(10)14-8(11)5-6/h1,4-5H,3H2,(H2,12,13). The molecule has 1 rings (SSSR count). The fourth-order valence-corrected chi connectivity index (χ4v) is 1.31. The number of pyridine rings is 1. The number of aromatic nitrogens is 1. The van der Waals surface area contributed by atoms with Crippen molar-refractivity contribution < 1.29 is 0 Å². The molecule has 0 unspecified atom stereocenters. The van der Waals surface area contributed by atoms with Crippen molar-refractivity contribution in [2.45, 2.75) is 0 Å². The summed E-state index contributed by atoms with van der Waals surface area (Å²) in [5.41, 5.74) is 0.560. The van der Waals surface area contributed by atoms with E-state index in [-0.39, 0.29) is 22.7 Å². The van der Waals surface area contributed by atoms with Crippen LogP contribution in [0.3, 0.4) is 0 Å². The van der Waals surface area contributed by atoms with Gasteiger partial charge in [-0.1, -0.05) is 29.1 Å². The maximum absolute atomic E-state index is 7.57. The van der Waals surface area contributed by atoms with Crippen molar-refractivity contribution >= 4 is 29.0 Å². The van der Waals surface area contributed by atoms with Gasteiger partial charge in [-0.3, -0.25) is 5.41 Å². The summed E-state index contributed by atoms with van der Waals surface area (Å²) in [6.45, 7) is 0.288. The summed E-state index contributed by atoms with van der Waals surface area (Å²) < 4.78 is 0. The Bertz CT molecular complexity index is 375. The van der Waals surface area contributed by atoms with Gasteiger partial charge in [-0.15, -0.1) is 6.42 Å². The molecule has 0 aliphatic rings. The highest BCUT2D eigenvalue weighted by molar-refractivity contribution is 6.33. The molecule has 1 heterocycles. The maximum Gasteiger partial charge on any atom is 0.131 e. The van der Waals surface area contributed by atoms with E-state index >= 15 is 0 Å². The van der Waals surface area contributed by atoms with Crippen LogP contribution >= 0.6 is 23.2 Å². The first-order valence-electron chi connectivity index (χ1n) is 3.73. The monoisotopic (exact) mass is 227 g/mol. The number of hydrogen-bond donors (Lipinski definition) is 2. The number of nitrogens with one attached hydrogen (secondary N) is 2. The highest BCUT2D eigenvalue weighted by Gasteiger charge is 2.03. The second-order valence-electron chi connectivity index (χ2n) is 2.43. The zero-order valence-electron chi connectivity index (χ0n) is 7.14. The van der Waals surface area contributed by atoms with Crippen molar-refractivity contribution in [1.82, 2.24) is 10.3 Å². The first-order chi connectivity index (χ1) is 6.63. The minimum Gasteiger partial charge on any atom is -0.359 e.